The number of thioether (sulfide) groups is 3. The zero-order chi connectivity index (χ0) is 42.3. The molecule has 1 heterocycles. The second-order valence-electron chi connectivity index (χ2n) is 12.9. The summed E-state index contributed by atoms with van der Waals surface area (Å²) in [7, 11) is 7.43. The van der Waals surface area contributed by atoms with Crippen molar-refractivity contribution in [2.24, 2.45) is 11.7 Å². The molecule has 0 radical (unpaired) electrons. The highest BCUT2D eigenvalue weighted by atomic mass is 32.2. The van der Waals surface area contributed by atoms with Crippen LogP contribution < -0.4 is 11.1 Å². The van der Waals surface area contributed by atoms with Crippen LogP contribution in [0.25, 0.3) is 0 Å². The van der Waals surface area contributed by atoms with Crippen LogP contribution in [-0.4, -0.2) is 166 Å². The second kappa shape index (κ2) is 33.6. The lowest BCUT2D eigenvalue weighted by Crippen LogP contribution is -2.42. The monoisotopic (exact) mass is 897 g/mol. The minimum Gasteiger partial charge on any atom is -0.377 e. The van der Waals surface area contributed by atoms with Gasteiger partial charge in [0, 0.05) is 137 Å². The van der Waals surface area contributed by atoms with Crippen LogP contribution >= 0.6 is 35.3 Å². The molecule has 328 valence electrons. The summed E-state index contributed by atoms with van der Waals surface area (Å²) in [5.41, 5.74) is 5.18. The maximum Gasteiger partial charge on any atom is 0.500 e. The van der Waals surface area contributed by atoms with Crippen LogP contribution in [0.3, 0.4) is 0 Å². The molecule has 0 aromatic carbocycles. The fourth-order valence-corrected chi connectivity index (χ4v) is 14.3. The van der Waals surface area contributed by atoms with Gasteiger partial charge in [-0.15, -0.1) is 0 Å². The Balaban J connectivity index is 0. The van der Waals surface area contributed by atoms with Crippen molar-refractivity contribution in [3.8, 4) is 0 Å². The Labute approximate surface area is 349 Å². The SMILES string of the molecule is CO[Si](CCCSCC(C)C(N)=O)(OC)OC.CO[Si](CCCSCC(C)N1CCCC1=O)(OC)OC.CO[Si](CCCSCC(C)NC(C)=O)(OC)OC. The fraction of sp³-hybridized carbons (Fsp3) is 0.912. The third-order valence-electron chi connectivity index (χ3n) is 8.79. The van der Waals surface area contributed by atoms with E-state index in [2.05, 4.69) is 12.2 Å². The molecule has 0 aromatic heterocycles. The third-order valence-corrected chi connectivity index (χ3v) is 21.2. The van der Waals surface area contributed by atoms with E-state index in [0.29, 0.717) is 11.9 Å². The van der Waals surface area contributed by atoms with Crippen molar-refractivity contribution in [2.45, 2.75) is 90.0 Å². The van der Waals surface area contributed by atoms with Crippen LogP contribution in [0, 0.1) is 5.92 Å². The lowest BCUT2D eigenvalue weighted by atomic mass is 10.2. The van der Waals surface area contributed by atoms with Crippen LogP contribution in [0.15, 0.2) is 0 Å². The van der Waals surface area contributed by atoms with Crippen LogP contribution in [0.4, 0.5) is 0 Å². The van der Waals surface area contributed by atoms with E-state index in [4.69, 9.17) is 45.6 Å². The standard InChI is InChI=1S/C13H27NO4SSi.C11H25NO4SSi.C10H23NO4SSi/c1-12(14-8-5-7-13(14)15)11-19-9-6-10-20(16-2,17-3)18-4;1-10(12-11(2)13)9-17-7-6-8-18(14-3,15-4)16-5;1-9(10(11)12)8-16-6-5-7-17(13-2,14-3)15-4/h12H,5-11H2,1-4H3;10H,6-9H2,1-5H3,(H,12,13);9H,5-8H2,1-4H3,(H2,11,12). The Morgan fingerprint density at radius 3 is 1.35 bits per heavy atom. The molecule has 15 nitrogen and oxygen atoms in total. The number of nitrogens with two attached hydrogens (primary N) is 1. The largest absolute Gasteiger partial charge is 0.500 e. The number of nitrogens with zero attached hydrogens (tertiary/aromatic N) is 1. The summed E-state index contributed by atoms with van der Waals surface area (Å²) in [4.78, 5) is 35.3. The number of primary amides is 1. The zero-order valence-electron chi connectivity index (χ0n) is 36.0. The first-order valence-electron chi connectivity index (χ1n) is 18.6. The number of carbonyl (C=O) groups is 3. The van der Waals surface area contributed by atoms with Gasteiger partial charge in [0.05, 0.1) is 0 Å². The molecule has 55 heavy (non-hydrogen) atoms. The number of likely N-dealkylation sites (tertiary alicyclic amines) is 1. The Bertz CT molecular complexity index is 983. The van der Waals surface area contributed by atoms with E-state index >= 15 is 0 Å². The van der Waals surface area contributed by atoms with E-state index in [1.54, 1.807) is 75.8 Å². The van der Waals surface area contributed by atoms with Crippen LogP contribution in [0.2, 0.25) is 18.1 Å². The third kappa shape index (κ3) is 25.1. The van der Waals surface area contributed by atoms with E-state index in [1.807, 2.05) is 42.3 Å². The van der Waals surface area contributed by atoms with Gasteiger partial charge in [0.25, 0.3) is 0 Å². The van der Waals surface area contributed by atoms with Gasteiger partial charge in [-0.05, 0) is 56.8 Å². The number of hydrogen-bond acceptors (Lipinski definition) is 15. The Hall–Kier alpha value is -0.249. The summed E-state index contributed by atoms with van der Waals surface area (Å²) >= 11 is 5.42. The first-order valence-corrected chi connectivity index (χ1v) is 27.9. The molecular weight excluding hydrogens is 823 g/mol. The summed E-state index contributed by atoms with van der Waals surface area (Å²) in [6, 6.07) is 2.98. The summed E-state index contributed by atoms with van der Waals surface area (Å²) in [6.07, 6.45) is 4.67. The first-order chi connectivity index (χ1) is 26.1. The topological polar surface area (TPSA) is 176 Å². The molecule has 1 rings (SSSR count). The van der Waals surface area contributed by atoms with Crippen molar-refractivity contribution in [1.29, 1.82) is 0 Å². The average molecular weight is 898 g/mol. The second-order valence-corrected chi connectivity index (χ2v) is 25.6. The molecule has 0 bridgehead atoms. The van der Waals surface area contributed by atoms with Crippen molar-refractivity contribution in [2.75, 3.05) is 105 Å². The smallest absolute Gasteiger partial charge is 0.377 e. The van der Waals surface area contributed by atoms with Gasteiger partial charge in [-0.25, -0.2) is 0 Å². The summed E-state index contributed by atoms with van der Waals surface area (Å²) in [6.45, 7) is 8.44. The molecule has 3 N–H and O–H groups in total. The van der Waals surface area contributed by atoms with E-state index in [0.717, 1.165) is 91.3 Å². The van der Waals surface area contributed by atoms with Gasteiger partial charge >= 0.3 is 26.4 Å². The van der Waals surface area contributed by atoms with Crippen molar-refractivity contribution in [1.82, 2.24) is 10.2 Å². The van der Waals surface area contributed by atoms with Crippen LogP contribution in [0.1, 0.15) is 59.8 Å². The highest BCUT2D eigenvalue weighted by Gasteiger charge is 2.38. The fourth-order valence-electron chi connectivity index (χ4n) is 5.31. The van der Waals surface area contributed by atoms with Crippen LogP contribution in [-0.2, 0) is 54.2 Å². The van der Waals surface area contributed by atoms with Crippen molar-refractivity contribution in [3.63, 3.8) is 0 Å². The predicted octanol–water partition coefficient (Wildman–Crippen LogP) is 4.62. The van der Waals surface area contributed by atoms with E-state index in [9.17, 15) is 14.4 Å². The maximum atomic E-state index is 11.6. The molecule has 1 aliphatic heterocycles. The average Bonchev–Trinajstić information content (AvgIpc) is 3.62. The summed E-state index contributed by atoms with van der Waals surface area (Å²) < 4.78 is 48.1. The minimum atomic E-state index is -2.42. The molecular formula is C34H75N3O12S3Si3. The minimum absolute atomic E-state index is 0.0210. The van der Waals surface area contributed by atoms with Crippen LogP contribution in [0.5, 0.6) is 0 Å². The van der Waals surface area contributed by atoms with Gasteiger partial charge < -0.3 is 55.8 Å². The Morgan fingerprint density at radius 2 is 1.04 bits per heavy atom. The zero-order valence-corrected chi connectivity index (χ0v) is 41.4. The molecule has 1 fully saturated rings. The number of carbonyl (C=O) groups excluding carboxylic acids is 3. The summed E-state index contributed by atoms with van der Waals surface area (Å²) in [5.74, 6) is 5.68. The summed E-state index contributed by atoms with van der Waals surface area (Å²) in [5, 5.41) is 2.86. The quantitative estimate of drug-likeness (QED) is 0.0755. The lowest BCUT2D eigenvalue weighted by molar-refractivity contribution is -0.129. The van der Waals surface area contributed by atoms with Gasteiger partial charge in [0.1, 0.15) is 0 Å². The van der Waals surface area contributed by atoms with E-state index in [1.165, 1.54) is 6.92 Å². The molecule has 21 heteroatoms. The molecule has 0 spiro atoms. The molecule has 1 aliphatic rings. The van der Waals surface area contributed by atoms with Crippen molar-refractivity contribution < 1.29 is 54.2 Å². The number of hydrogen-bond donors (Lipinski definition) is 2. The highest BCUT2D eigenvalue weighted by Crippen LogP contribution is 2.21. The van der Waals surface area contributed by atoms with Gasteiger partial charge in [-0.2, -0.15) is 35.3 Å². The molecule has 3 atom stereocenters. The van der Waals surface area contributed by atoms with E-state index in [-0.39, 0.29) is 23.8 Å². The molecule has 1 saturated heterocycles. The molecule has 0 saturated carbocycles. The molecule has 0 aliphatic carbocycles. The number of amides is 3. The first kappa shape index (κ1) is 56.8. The normalized spacial score (nSPS) is 15.1. The number of nitrogens with one attached hydrogen (secondary N) is 1. The molecule has 3 amide bonds. The van der Waals surface area contributed by atoms with Crippen molar-refractivity contribution in [3.05, 3.63) is 0 Å². The highest BCUT2D eigenvalue weighted by molar-refractivity contribution is 7.99. The molecule has 0 aromatic rings. The van der Waals surface area contributed by atoms with Gasteiger partial charge in [0.15, 0.2) is 0 Å². The molecule has 3 unspecified atom stereocenters. The van der Waals surface area contributed by atoms with E-state index < -0.39 is 26.4 Å². The predicted molar refractivity (Wildman–Crippen MR) is 233 cm³/mol. The Kier molecular flexibility index (Phi) is 34.7. The Morgan fingerprint density at radius 1 is 0.673 bits per heavy atom. The van der Waals surface area contributed by atoms with Gasteiger partial charge in [-0.3, -0.25) is 14.4 Å². The van der Waals surface area contributed by atoms with Gasteiger partial charge in [-0.1, -0.05) is 6.92 Å². The van der Waals surface area contributed by atoms with Gasteiger partial charge in [0.2, 0.25) is 17.7 Å². The lowest BCUT2D eigenvalue weighted by Gasteiger charge is -2.25. The van der Waals surface area contributed by atoms with Crippen molar-refractivity contribution >= 4 is 79.4 Å². The maximum absolute atomic E-state index is 11.6. The number of rotatable bonds is 30.